The van der Waals surface area contributed by atoms with Crippen LogP contribution in [0.15, 0.2) is 24.3 Å². The molecule has 2 heterocycles. The Morgan fingerprint density at radius 3 is 1.37 bits per heavy atom. The molecular weight excluding hydrogens is 332 g/mol. The van der Waals surface area contributed by atoms with Crippen LogP contribution >= 0.6 is 0 Å². The molecule has 144 valence electrons. The Morgan fingerprint density at radius 2 is 1.00 bits per heavy atom. The zero-order valence-electron chi connectivity index (χ0n) is 18.0. The molecule has 2 nitrogen and oxygen atoms in total. The van der Waals surface area contributed by atoms with Crippen LogP contribution in [0.25, 0.3) is 0 Å². The van der Waals surface area contributed by atoms with Gasteiger partial charge in [0.05, 0.1) is 0 Å². The molecule has 4 rings (SSSR count). The van der Waals surface area contributed by atoms with Crippen molar-refractivity contribution in [2.45, 2.75) is 84.8 Å². The Bertz CT molecular complexity index is 856. The van der Waals surface area contributed by atoms with Gasteiger partial charge in [0.1, 0.15) is 11.5 Å². The van der Waals surface area contributed by atoms with E-state index >= 15 is 0 Å². The van der Waals surface area contributed by atoms with Crippen molar-refractivity contribution in [2.75, 3.05) is 0 Å². The van der Waals surface area contributed by atoms with Gasteiger partial charge in [-0.15, -0.1) is 0 Å². The molecule has 0 N–H and O–H groups in total. The van der Waals surface area contributed by atoms with E-state index in [1.54, 1.807) is 0 Å². The molecule has 2 aromatic carbocycles. The van der Waals surface area contributed by atoms with E-state index in [2.05, 4.69) is 79.7 Å². The van der Waals surface area contributed by atoms with E-state index in [1.807, 2.05) is 0 Å². The third-order valence-electron chi connectivity index (χ3n) is 6.81. The molecule has 2 aliphatic heterocycles. The van der Waals surface area contributed by atoms with Gasteiger partial charge in [-0.1, -0.05) is 52.0 Å². The summed E-state index contributed by atoms with van der Waals surface area (Å²) >= 11 is 0. The third kappa shape index (κ3) is 2.68. The van der Waals surface area contributed by atoms with Crippen molar-refractivity contribution >= 4 is 0 Å². The summed E-state index contributed by atoms with van der Waals surface area (Å²) in [6.45, 7) is 17.9. The fourth-order valence-electron chi connectivity index (χ4n) is 5.05. The summed E-state index contributed by atoms with van der Waals surface area (Å²) in [5.41, 5.74) is 7.58. The maximum atomic E-state index is 6.77. The van der Waals surface area contributed by atoms with Crippen LogP contribution in [0, 0.1) is 27.7 Å². The van der Waals surface area contributed by atoms with Gasteiger partial charge in [0.2, 0.25) is 0 Å². The first kappa shape index (κ1) is 18.4. The van der Waals surface area contributed by atoms with Crippen LogP contribution in [0.3, 0.4) is 0 Å². The Morgan fingerprint density at radius 1 is 0.630 bits per heavy atom. The minimum atomic E-state index is -0.621. The number of rotatable bonds is 0. The van der Waals surface area contributed by atoms with Gasteiger partial charge >= 0.3 is 0 Å². The third-order valence-corrected chi connectivity index (χ3v) is 6.81. The molecule has 2 heteroatoms. The van der Waals surface area contributed by atoms with Crippen molar-refractivity contribution in [3.63, 3.8) is 0 Å². The number of ether oxygens (including phenoxy) is 2. The van der Waals surface area contributed by atoms with Gasteiger partial charge in [0.25, 0.3) is 5.79 Å². The highest BCUT2D eigenvalue weighted by Crippen LogP contribution is 2.55. The second-order valence-corrected chi connectivity index (χ2v) is 10.0. The highest BCUT2D eigenvalue weighted by molar-refractivity contribution is 5.53. The number of fused-ring (bicyclic) bond motifs is 2. The average molecular weight is 365 g/mol. The van der Waals surface area contributed by atoms with Crippen molar-refractivity contribution < 1.29 is 9.47 Å². The lowest BCUT2D eigenvalue weighted by molar-refractivity contribution is -0.167. The first-order valence-electron chi connectivity index (χ1n) is 10.1. The number of benzene rings is 2. The molecular formula is C25H32O2. The molecule has 27 heavy (non-hydrogen) atoms. The van der Waals surface area contributed by atoms with Gasteiger partial charge in [-0.2, -0.15) is 0 Å². The van der Waals surface area contributed by atoms with E-state index in [-0.39, 0.29) is 10.8 Å². The summed E-state index contributed by atoms with van der Waals surface area (Å²) in [5.74, 6) is 1.43. The SMILES string of the molecule is Cc1ccc2c(c1C)OC1(CC2(C)C)CC(C)(C)c2ccc(C)c(C)c2O1. The van der Waals surface area contributed by atoms with Gasteiger partial charge in [-0.25, -0.2) is 0 Å². The largest absolute Gasteiger partial charge is 0.452 e. The van der Waals surface area contributed by atoms with Crippen LogP contribution in [-0.2, 0) is 10.8 Å². The summed E-state index contributed by atoms with van der Waals surface area (Å²) < 4.78 is 13.5. The molecule has 0 saturated carbocycles. The van der Waals surface area contributed by atoms with Crippen molar-refractivity contribution in [1.29, 1.82) is 0 Å². The quantitative estimate of drug-likeness (QED) is 0.536. The van der Waals surface area contributed by atoms with Crippen LogP contribution in [0.5, 0.6) is 11.5 Å². The molecule has 2 aliphatic rings. The fraction of sp³-hybridized carbons (Fsp3) is 0.520. The fourth-order valence-corrected chi connectivity index (χ4v) is 5.05. The van der Waals surface area contributed by atoms with Crippen LogP contribution in [0.2, 0.25) is 0 Å². The summed E-state index contributed by atoms with van der Waals surface area (Å²) in [4.78, 5) is 0. The van der Waals surface area contributed by atoms with Crippen molar-refractivity contribution in [2.24, 2.45) is 0 Å². The Labute approximate surface area is 163 Å². The molecule has 0 aliphatic carbocycles. The molecule has 0 atom stereocenters. The van der Waals surface area contributed by atoms with E-state index in [4.69, 9.17) is 9.47 Å². The van der Waals surface area contributed by atoms with E-state index in [9.17, 15) is 0 Å². The molecule has 0 amide bonds. The van der Waals surface area contributed by atoms with Crippen LogP contribution in [0.1, 0.15) is 73.9 Å². The van der Waals surface area contributed by atoms with Crippen molar-refractivity contribution in [1.82, 2.24) is 0 Å². The number of hydrogen-bond acceptors (Lipinski definition) is 2. The number of hydrogen-bond donors (Lipinski definition) is 0. The smallest absolute Gasteiger partial charge is 0.252 e. The first-order chi connectivity index (χ1) is 12.5. The second-order valence-electron chi connectivity index (χ2n) is 10.0. The lowest BCUT2D eigenvalue weighted by atomic mass is 9.68. The zero-order chi connectivity index (χ0) is 19.8. The van der Waals surface area contributed by atoms with E-state index in [0.717, 1.165) is 24.3 Å². The predicted molar refractivity (Wildman–Crippen MR) is 111 cm³/mol. The van der Waals surface area contributed by atoms with Gasteiger partial charge in [0.15, 0.2) is 0 Å². The topological polar surface area (TPSA) is 18.5 Å². The maximum Gasteiger partial charge on any atom is 0.252 e. The lowest BCUT2D eigenvalue weighted by Crippen LogP contribution is -2.56. The Balaban J connectivity index is 1.90. The highest BCUT2D eigenvalue weighted by atomic mass is 16.7. The van der Waals surface area contributed by atoms with Crippen LogP contribution < -0.4 is 9.47 Å². The summed E-state index contributed by atoms with van der Waals surface area (Å²) in [5, 5.41) is 0. The van der Waals surface area contributed by atoms with Crippen LogP contribution in [-0.4, -0.2) is 5.79 Å². The normalized spacial score (nSPS) is 21.0. The summed E-state index contributed by atoms with van der Waals surface area (Å²) in [7, 11) is 0. The highest BCUT2D eigenvalue weighted by Gasteiger charge is 2.53. The summed E-state index contributed by atoms with van der Waals surface area (Å²) in [6.07, 6.45) is 1.71. The Hall–Kier alpha value is -1.96. The minimum Gasteiger partial charge on any atom is -0.452 e. The van der Waals surface area contributed by atoms with Crippen molar-refractivity contribution in [3.05, 3.63) is 57.6 Å². The van der Waals surface area contributed by atoms with E-state index in [1.165, 1.54) is 33.4 Å². The lowest BCUT2D eigenvalue weighted by Gasteiger charge is -2.52. The predicted octanol–water partition coefficient (Wildman–Crippen LogP) is 6.44. The maximum absolute atomic E-state index is 6.77. The molecule has 0 unspecified atom stereocenters. The molecule has 0 saturated heterocycles. The average Bonchev–Trinajstić information content (AvgIpc) is 2.54. The van der Waals surface area contributed by atoms with Gasteiger partial charge < -0.3 is 9.47 Å². The number of aryl methyl sites for hydroxylation is 2. The molecule has 0 fully saturated rings. The molecule has 0 radical (unpaired) electrons. The summed E-state index contributed by atoms with van der Waals surface area (Å²) in [6, 6.07) is 8.90. The zero-order valence-corrected chi connectivity index (χ0v) is 18.0. The molecule has 0 bridgehead atoms. The molecule has 1 spiro atoms. The first-order valence-corrected chi connectivity index (χ1v) is 10.1. The van der Waals surface area contributed by atoms with Gasteiger partial charge in [-0.05, 0) is 49.9 Å². The monoisotopic (exact) mass is 364 g/mol. The minimum absolute atomic E-state index is 0.00262. The van der Waals surface area contributed by atoms with Gasteiger partial charge in [-0.3, -0.25) is 0 Å². The Kier molecular flexibility index (Phi) is 3.77. The van der Waals surface area contributed by atoms with Gasteiger partial charge in [0, 0.05) is 34.8 Å². The van der Waals surface area contributed by atoms with E-state index < -0.39 is 5.79 Å². The van der Waals surface area contributed by atoms with Crippen molar-refractivity contribution in [3.8, 4) is 11.5 Å². The van der Waals surface area contributed by atoms with Crippen LogP contribution in [0.4, 0.5) is 0 Å². The second kappa shape index (κ2) is 5.53. The van der Waals surface area contributed by atoms with E-state index in [0.29, 0.717) is 0 Å². The molecule has 2 aromatic rings. The molecule has 0 aromatic heterocycles. The standard InChI is InChI=1S/C25H32O2/c1-15-9-11-19-21(17(15)3)26-25(13-23(19,5)6)14-24(7,8)20-12-10-16(2)18(4)22(20)27-25/h9-12H,13-14H2,1-8H3.